The number of rotatable bonds is 2. The fourth-order valence-corrected chi connectivity index (χ4v) is 2.06. The zero-order valence-corrected chi connectivity index (χ0v) is 12.5. The lowest BCUT2D eigenvalue weighted by molar-refractivity contribution is 0.0844. The highest BCUT2D eigenvalue weighted by molar-refractivity contribution is 6.29. The van der Waals surface area contributed by atoms with E-state index in [0.717, 1.165) is 5.39 Å². The molecule has 2 aromatic heterocycles. The van der Waals surface area contributed by atoms with Crippen LogP contribution in [0.25, 0.3) is 10.9 Å². The van der Waals surface area contributed by atoms with E-state index < -0.39 is 11.8 Å². The third-order valence-electron chi connectivity index (χ3n) is 3.11. The highest BCUT2D eigenvalue weighted by Gasteiger charge is 2.11. The van der Waals surface area contributed by atoms with Gasteiger partial charge in [0.1, 0.15) is 10.8 Å². The summed E-state index contributed by atoms with van der Waals surface area (Å²) in [5.41, 5.74) is 5.81. The van der Waals surface area contributed by atoms with Crippen LogP contribution in [0.5, 0.6) is 0 Å². The maximum absolute atomic E-state index is 12.1. The van der Waals surface area contributed by atoms with Gasteiger partial charge in [-0.2, -0.15) is 0 Å². The molecule has 0 fully saturated rings. The second-order valence-corrected chi connectivity index (χ2v) is 5.05. The van der Waals surface area contributed by atoms with E-state index in [4.69, 9.17) is 11.6 Å². The van der Waals surface area contributed by atoms with Crippen LogP contribution in [0.1, 0.15) is 20.8 Å². The van der Waals surface area contributed by atoms with E-state index in [-0.39, 0.29) is 16.4 Å². The second kappa shape index (κ2) is 6.41. The first kappa shape index (κ1) is 14.9. The van der Waals surface area contributed by atoms with Crippen molar-refractivity contribution in [2.24, 2.45) is 0 Å². The number of amides is 2. The van der Waals surface area contributed by atoms with Crippen LogP contribution >= 0.6 is 11.6 Å². The molecule has 0 aliphatic carbocycles. The quantitative estimate of drug-likeness (QED) is 0.559. The van der Waals surface area contributed by atoms with Gasteiger partial charge in [-0.1, -0.05) is 35.9 Å². The first-order chi connectivity index (χ1) is 11.1. The van der Waals surface area contributed by atoms with Crippen molar-refractivity contribution in [3.63, 3.8) is 0 Å². The smallest absolute Gasteiger partial charge is 0.267 e. The largest absolute Gasteiger partial charge is 0.288 e. The third kappa shape index (κ3) is 3.44. The highest BCUT2D eigenvalue weighted by Crippen LogP contribution is 2.11. The van der Waals surface area contributed by atoms with E-state index in [1.165, 1.54) is 18.3 Å². The van der Waals surface area contributed by atoms with Crippen LogP contribution < -0.4 is 10.9 Å². The van der Waals surface area contributed by atoms with Crippen LogP contribution in [0.2, 0.25) is 5.15 Å². The Hall–Kier alpha value is -2.99. The predicted octanol–water partition coefficient (Wildman–Crippen LogP) is 2.36. The van der Waals surface area contributed by atoms with E-state index in [0.29, 0.717) is 5.52 Å². The Labute approximate surface area is 136 Å². The summed E-state index contributed by atoms with van der Waals surface area (Å²) in [6, 6.07) is 13.8. The molecule has 23 heavy (non-hydrogen) atoms. The van der Waals surface area contributed by atoms with Crippen LogP contribution in [0.15, 0.2) is 54.7 Å². The normalized spacial score (nSPS) is 10.3. The summed E-state index contributed by atoms with van der Waals surface area (Å²) in [6.07, 6.45) is 1.32. The molecule has 3 aromatic rings. The molecule has 1 aromatic carbocycles. The molecule has 114 valence electrons. The predicted molar refractivity (Wildman–Crippen MR) is 85.9 cm³/mol. The average Bonchev–Trinajstić information content (AvgIpc) is 2.59. The molecular formula is C16H11ClN4O2. The molecule has 2 heterocycles. The molecule has 0 aliphatic heterocycles. The number of benzene rings is 1. The van der Waals surface area contributed by atoms with Crippen LogP contribution in [0.4, 0.5) is 0 Å². The molecule has 3 rings (SSSR count). The lowest BCUT2D eigenvalue weighted by atomic mass is 10.2. The van der Waals surface area contributed by atoms with Crippen molar-refractivity contribution in [2.75, 3.05) is 0 Å². The fraction of sp³-hybridized carbons (Fsp3) is 0. The van der Waals surface area contributed by atoms with E-state index in [2.05, 4.69) is 20.8 Å². The minimum absolute atomic E-state index is 0.207. The molecule has 0 atom stereocenters. The number of carbonyl (C=O) groups excluding carboxylic acids is 2. The number of hydrogen-bond donors (Lipinski definition) is 2. The monoisotopic (exact) mass is 326 g/mol. The fourth-order valence-electron chi connectivity index (χ4n) is 1.95. The summed E-state index contributed by atoms with van der Waals surface area (Å²) >= 11 is 5.65. The number of carbonyl (C=O) groups is 2. The van der Waals surface area contributed by atoms with Gasteiger partial charge in [-0.05, 0) is 24.3 Å². The Balaban J connectivity index is 1.68. The number of hydrogen-bond acceptors (Lipinski definition) is 4. The van der Waals surface area contributed by atoms with Crippen molar-refractivity contribution in [1.29, 1.82) is 0 Å². The second-order valence-electron chi connectivity index (χ2n) is 4.67. The zero-order valence-electron chi connectivity index (χ0n) is 11.8. The van der Waals surface area contributed by atoms with E-state index in [9.17, 15) is 9.59 Å². The number of nitrogens with zero attached hydrogens (tertiary/aromatic N) is 2. The number of nitrogens with one attached hydrogen (secondary N) is 2. The number of fused-ring (bicyclic) bond motifs is 1. The summed E-state index contributed by atoms with van der Waals surface area (Å²) in [5, 5.41) is 1.21. The van der Waals surface area contributed by atoms with Gasteiger partial charge in [0, 0.05) is 11.6 Å². The van der Waals surface area contributed by atoms with Gasteiger partial charge < -0.3 is 0 Å². The summed E-state index contributed by atoms with van der Waals surface area (Å²) in [7, 11) is 0. The van der Waals surface area contributed by atoms with Crippen molar-refractivity contribution in [3.05, 3.63) is 71.1 Å². The van der Waals surface area contributed by atoms with Gasteiger partial charge in [0.05, 0.1) is 11.1 Å². The molecule has 0 unspecified atom stereocenters. The molecule has 7 heteroatoms. The lowest BCUT2D eigenvalue weighted by Crippen LogP contribution is -2.42. The molecule has 0 saturated heterocycles. The number of para-hydroxylation sites is 1. The number of aromatic nitrogens is 2. The topological polar surface area (TPSA) is 84.0 Å². The van der Waals surface area contributed by atoms with Crippen molar-refractivity contribution in [3.8, 4) is 0 Å². The van der Waals surface area contributed by atoms with Gasteiger partial charge in [0.2, 0.25) is 0 Å². The van der Waals surface area contributed by atoms with Gasteiger partial charge in [0.25, 0.3) is 11.8 Å². The van der Waals surface area contributed by atoms with Crippen LogP contribution in [-0.4, -0.2) is 21.8 Å². The van der Waals surface area contributed by atoms with Gasteiger partial charge in [-0.25, -0.2) is 9.97 Å². The molecule has 0 saturated carbocycles. The minimum atomic E-state index is -0.508. The highest BCUT2D eigenvalue weighted by atomic mass is 35.5. The van der Waals surface area contributed by atoms with Crippen LogP contribution in [-0.2, 0) is 0 Å². The average molecular weight is 327 g/mol. The summed E-state index contributed by atoms with van der Waals surface area (Å²) in [4.78, 5) is 32.0. The molecule has 6 nitrogen and oxygen atoms in total. The maximum Gasteiger partial charge on any atom is 0.288 e. The molecule has 0 bridgehead atoms. The Bertz CT molecular complexity index is 881. The van der Waals surface area contributed by atoms with Crippen LogP contribution in [0, 0.1) is 0 Å². The summed E-state index contributed by atoms with van der Waals surface area (Å²) < 4.78 is 0. The minimum Gasteiger partial charge on any atom is -0.267 e. The van der Waals surface area contributed by atoms with Gasteiger partial charge >= 0.3 is 0 Å². The summed E-state index contributed by atoms with van der Waals surface area (Å²) in [6.45, 7) is 0. The molecule has 2 amide bonds. The Morgan fingerprint density at radius 3 is 2.48 bits per heavy atom. The third-order valence-corrected chi connectivity index (χ3v) is 3.33. The standard InChI is InChI=1S/C16H11ClN4O2/c17-14-8-6-11(9-18-14)15(22)20-21-16(23)13-7-5-10-3-1-2-4-12(10)19-13/h1-9H,(H,20,22)(H,21,23). The molecule has 0 aliphatic rings. The first-order valence-corrected chi connectivity index (χ1v) is 7.09. The number of halogens is 1. The van der Waals surface area contributed by atoms with Crippen molar-refractivity contribution in [1.82, 2.24) is 20.8 Å². The molecule has 0 radical (unpaired) electrons. The Morgan fingerprint density at radius 2 is 1.70 bits per heavy atom. The lowest BCUT2D eigenvalue weighted by Gasteiger charge is -2.07. The zero-order chi connectivity index (χ0) is 16.2. The molecule has 0 spiro atoms. The van der Waals surface area contributed by atoms with Crippen molar-refractivity contribution < 1.29 is 9.59 Å². The first-order valence-electron chi connectivity index (χ1n) is 6.71. The number of pyridine rings is 2. The SMILES string of the molecule is O=C(NNC(=O)c1ccc2ccccc2n1)c1ccc(Cl)nc1. The van der Waals surface area contributed by atoms with Crippen molar-refractivity contribution >= 4 is 34.3 Å². The number of hydrazine groups is 1. The van der Waals surface area contributed by atoms with Gasteiger partial charge in [-0.3, -0.25) is 20.4 Å². The molecule has 2 N–H and O–H groups in total. The van der Waals surface area contributed by atoms with Gasteiger partial charge in [0.15, 0.2) is 0 Å². The van der Waals surface area contributed by atoms with Gasteiger partial charge in [-0.15, -0.1) is 0 Å². The van der Waals surface area contributed by atoms with E-state index >= 15 is 0 Å². The van der Waals surface area contributed by atoms with E-state index in [1.807, 2.05) is 24.3 Å². The summed E-state index contributed by atoms with van der Waals surface area (Å²) in [5.74, 6) is -1.01. The maximum atomic E-state index is 12.1. The Kier molecular flexibility index (Phi) is 4.16. The van der Waals surface area contributed by atoms with E-state index in [1.54, 1.807) is 12.1 Å². The van der Waals surface area contributed by atoms with Crippen molar-refractivity contribution in [2.45, 2.75) is 0 Å². The Morgan fingerprint density at radius 1 is 0.913 bits per heavy atom. The van der Waals surface area contributed by atoms with Crippen LogP contribution in [0.3, 0.4) is 0 Å². The molecular weight excluding hydrogens is 316 g/mol.